The zero-order valence-corrected chi connectivity index (χ0v) is 15.2. The standard InChI is InChI=1S/C22H24N2O2/c1-16-5-3-4-6-19(16)15-24(2)21(25)14-9-17-7-10-18(11-8-17)22(26)23-20-12-13-20/h3-11,14,20H,12-13,15H2,1-2H3,(H,23,26)/b14-9+. The highest BCUT2D eigenvalue weighted by Gasteiger charge is 2.23. The topological polar surface area (TPSA) is 49.4 Å². The molecule has 3 rings (SSSR count). The van der Waals surface area contributed by atoms with E-state index in [1.165, 1.54) is 5.56 Å². The summed E-state index contributed by atoms with van der Waals surface area (Å²) >= 11 is 0. The molecular weight excluding hydrogens is 324 g/mol. The molecule has 1 fully saturated rings. The summed E-state index contributed by atoms with van der Waals surface area (Å²) in [7, 11) is 1.80. The van der Waals surface area contributed by atoms with E-state index in [2.05, 4.69) is 5.32 Å². The molecule has 0 aliphatic heterocycles. The smallest absolute Gasteiger partial charge is 0.251 e. The Bertz CT molecular complexity index is 820. The van der Waals surface area contributed by atoms with Crippen molar-refractivity contribution in [3.63, 3.8) is 0 Å². The van der Waals surface area contributed by atoms with Gasteiger partial charge >= 0.3 is 0 Å². The second-order valence-corrected chi connectivity index (χ2v) is 6.82. The van der Waals surface area contributed by atoms with Gasteiger partial charge in [0.05, 0.1) is 0 Å². The molecule has 0 heterocycles. The van der Waals surface area contributed by atoms with E-state index in [0.29, 0.717) is 18.2 Å². The maximum absolute atomic E-state index is 12.3. The van der Waals surface area contributed by atoms with Crippen molar-refractivity contribution >= 4 is 17.9 Å². The number of rotatable bonds is 6. The largest absolute Gasteiger partial charge is 0.349 e. The van der Waals surface area contributed by atoms with Crippen LogP contribution in [0.25, 0.3) is 6.08 Å². The van der Waals surface area contributed by atoms with Crippen molar-refractivity contribution in [2.45, 2.75) is 32.4 Å². The first kappa shape index (κ1) is 17.9. The molecule has 0 bridgehead atoms. The van der Waals surface area contributed by atoms with E-state index >= 15 is 0 Å². The van der Waals surface area contributed by atoms with Gasteiger partial charge in [-0.25, -0.2) is 0 Å². The number of benzene rings is 2. The molecule has 0 radical (unpaired) electrons. The van der Waals surface area contributed by atoms with Crippen molar-refractivity contribution in [2.75, 3.05) is 7.05 Å². The Morgan fingerprint density at radius 3 is 2.46 bits per heavy atom. The molecule has 0 spiro atoms. The average Bonchev–Trinajstić information content (AvgIpc) is 3.46. The first-order chi connectivity index (χ1) is 12.5. The van der Waals surface area contributed by atoms with Crippen molar-refractivity contribution in [2.24, 2.45) is 0 Å². The minimum Gasteiger partial charge on any atom is -0.349 e. The number of carbonyl (C=O) groups is 2. The summed E-state index contributed by atoms with van der Waals surface area (Å²) in [6.07, 6.45) is 5.49. The molecule has 2 amide bonds. The van der Waals surface area contributed by atoms with E-state index in [9.17, 15) is 9.59 Å². The molecule has 134 valence electrons. The maximum Gasteiger partial charge on any atom is 0.251 e. The summed E-state index contributed by atoms with van der Waals surface area (Å²) < 4.78 is 0. The molecule has 1 N–H and O–H groups in total. The zero-order valence-electron chi connectivity index (χ0n) is 15.2. The molecule has 4 heteroatoms. The zero-order chi connectivity index (χ0) is 18.5. The van der Waals surface area contributed by atoms with Gasteiger partial charge in [0, 0.05) is 31.3 Å². The van der Waals surface area contributed by atoms with Gasteiger partial charge in [0.1, 0.15) is 0 Å². The highest BCUT2D eigenvalue weighted by Crippen LogP contribution is 2.19. The lowest BCUT2D eigenvalue weighted by molar-refractivity contribution is -0.125. The van der Waals surface area contributed by atoms with Gasteiger partial charge < -0.3 is 10.2 Å². The molecule has 1 aliphatic carbocycles. The van der Waals surface area contributed by atoms with E-state index in [1.807, 2.05) is 43.3 Å². The highest BCUT2D eigenvalue weighted by molar-refractivity contribution is 5.95. The quantitative estimate of drug-likeness (QED) is 0.812. The van der Waals surface area contributed by atoms with Crippen LogP contribution in [0.4, 0.5) is 0 Å². The van der Waals surface area contributed by atoms with Crippen molar-refractivity contribution in [1.29, 1.82) is 0 Å². The van der Waals surface area contributed by atoms with Crippen LogP contribution in [-0.4, -0.2) is 29.8 Å². The van der Waals surface area contributed by atoms with Crippen LogP contribution < -0.4 is 5.32 Å². The molecule has 26 heavy (non-hydrogen) atoms. The first-order valence-corrected chi connectivity index (χ1v) is 8.91. The Morgan fingerprint density at radius 2 is 1.81 bits per heavy atom. The molecule has 1 aliphatic rings. The van der Waals surface area contributed by atoms with E-state index in [-0.39, 0.29) is 11.8 Å². The fourth-order valence-electron chi connectivity index (χ4n) is 2.66. The van der Waals surface area contributed by atoms with E-state index in [1.54, 1.807) is 36.2 Å². The molecule has 0 saturated heterocycles. The average molecular weight is 348 g/mol. The Hall–Kier alpha value is -2.88. The first-order valence-electron chi connectivity index (χ1n) is 8.91. The van der Waals surface area contributed by atoms with Gasteiger partial charge in [0.2, 0.25) is 5.91 Å². The Morgan fingerprint density at radius 1 is 1.12 bits per heavy atom. The number of hydrogen-bond donors (Lipinski definition) is 1. The SMILES string of the molecule is Cc1ccccc1CN(C)C(=O)/C=C/c1ccc(C(=O)NC2CC2)cc1. The van der Waals surface area contributed by atoms with Gasteiger partial charge in [0.15, 0.2) is 0 Å². The van der Waals surface area contributed by atoms with Crippen LogP contribution in [0.2, 0.25) is 0 Å². The second-order valence-electron chi connectivity index (χ2n) is 6.82. The Kier molecular flexibility index (Phi) is 5.52. The fourth-order valence-corrected chi connectivity index (χ4v) is 2.66. The van der Waals surface area contributed by atoms with Crippen molar-refractivity contribution in [3.05, 3.63) is 76.9 Å². The van der Waals surface area contributed by atoms with Gasteiger partial charge in [-0.15, -0.1) is 0 Å². The third kappa shape index (κ3) is 4.82. The maximum atomic E-state index is 12.3. The van der Waals surface area contributed by atoms with Crippen LogP contribution in [0.3, 0.4) is 0 Å². The number of likely N-dealkylation sites (N-methyl/N-ethyl adjacent to an activating group) is 1. The Labute approximate surface area is 154 Å². The van der Waals surface area contributed by atoms with Crippen molar-refractivity contribution < 1.29 is 9.59 Å². The molecule has 4 nitrogen and oxygen atoms in total. The number of aryl methyl sites for hydroxylation is 1. The van der Waals surface area contributed by atoms with Crippen molar-refractivity contribution in [3.8, 4) is 0 Å². The van der Waals surface area contributed by atoms with Crippen LogP contribution in [0.1, 0.15) is 39.9 Å². The predicted molar refractivity (Wildman–Crippen MR) is 104 cm³/mol. The molecule has 1 saturated carbocycles. The van der Waals surface area contributed by atoms with Gasteiger partial charge in [-0.3, -0.25) is 9.59 Å². The number of nitrogens with zero attached hydrogens (tertiary/aromatic N) is 1. The summed E-state index contributed by atoms with van der Waals surface area (Å²) in [4.78, 5) is 26.0. The van der Waals surface area contributed by atoms with Crippen LogP contribution in [0, 0.1) is 6.92 Å². The lowest BCUT2D eigenvalue weighted by atomic mass is 10.1. The van der Waals surface area contributed by atoms with Crippen LogP contribution in [-0.2, 0) is 11.3 Å². The molecule has 2 aromatic carbocycles. The Balaban J connectivity index is 1.57. The summed E-state index contributed by atoms with van der Waals surface area (Å²) in [5.74, 6) is -0.0825. The molecule has 0 aromatic heterocycles. The summed E-state index contributed by atoms with van der Waals surface area (Å²) in [5, 5.41) is 2.96. The minimum atomic E-state index is -0.0520. The highest BCUT2D eigenvalue weighted by atomic mass is 16.2. The van der Waals surface area contributed by atoms with Gasteiger partial charge in [-0.05, 0) is 54.7 Å². The molecule has 0 unspecified atom stereocenters. The second kappa shape index (κ2) is 8.00. The van der Waals surface area contributed by atoms with Crippen LogP contribution in [0.15, 0.2) is 54.6 Å². The molecule has 2 aromatic rings. The molecule has 0 atom stereocenters. The number of carbonyl (C=O) groups excluding carboxylic acids is 2. The monoisotopic (exact) mass is 348 g/mol. The fraction of sp³-hybridized carbons (Fsp3) is 0.273. The third-order valence-corrected chi connectivity index (χ3v) is 4.55. The van der Waals surface area contributed by atoms with Gasteiger partial charge in [-0.1, -0.05) is 36.4 Å². The van der Waals surface area contributed by atoms with Crippen LogP contribution >= 0.6 is 0 Å². The number of amides is 2. The summed E-state index contributed by atoms with van der Waals surface area (Å²) in [6, 6.07) is 15.7. The third-order valence-electron chi connectivity index (χ3n) is 4.55. The minimum absolute atomic E-state index is 0.0305. The predicted octanol–water partition coefficient (Wildman–Crippen LogP) is 3.56. The molecular formula is C22H24N2O2. The number of hydrogen-bond acceptors (Lipinski definition) is 2. The summed E-state index contributed by atoms with van der Waals surface area (Å²) in [6.45, 7) is 2.63. The van der Waals surface area contributed by atoms with Crippen LogP contribution in [0.5, 0.6) is 0 Å². The normalized spacial score (nSPS) is 13.6. The summed E-state index contributed by atoms with van der Waals surface area (Å²) in [5.41, 5.74) is 3.86. The van der Waals surface area contributed by atoms with Gasteiger partial charge in [-0.2, -0.15) is 0 Å². The van der Waals surface area contributed by atoms with Crippen molar-refractivity contribution in [1.82, 2.24) is 10.2 Å². The lowest BCUT2D eigenvalue weighted by Crippen LogP contribution is -2.25. The van der Waals surface area contributed by atoms with E-state index in [0.717, 1.165) is 24.0 Å². The lowest BCUT2D eigenvalue weighted by Gasteiger charge is -2.16. The van der Waals surface area contributed by atoms with E-state index in [4.69, 9.17) is 0 Å². The van der Waals surface area contributed by atoms with E-state index < -0.39 is 0 Å². The van der Waals surface area contributed by atoms with Gasteiger partial charge in [0.25, 0.3) is 5.91 Å². The number of nitrogens with one attached hydrogen (secondary N) is 1.